The third-order valence-corrected chi connectivity index (χ3v) is 2.17. The SMILES string of the molecule is CC(C)CCCCNC1=NCCN1.[HH].[HH]. The quantitative estimate of drug-likeness (QED) is 0.644. The number of aliphatic imine (C=N–C) groups is 1. The van der Waals surface area contributed by atoms with Gasteiger partial charge in [0.15, 0.2) is 5.96 Å². The van der Waals surface area contributed by atoms with E-state index in [9.17, 15) is 0 Å². The summed E-state index contributed by atoms with van der Waals surface area (Å²) >= 11 is 0. The van der Waals surface area contributed by atoms with E-state index in [0.717, 1.165) is 31.5 Å². The van der Waals surface area contributed by atoms with Crippen molar-refractivity contribution in [2.75, 3.05) is 19.6 Å². The number of hydrogen-bond donors (Lipinski definition) is 2. The molecule has 3 nitrogen and oxygen atoms in total. The Morgan fingerprint density at radius 2 is 2.38 bits per heavy atom. The molecule has 0 aliphatic carbocycles. The van der Waals surface area contributed by atoms with Crippen molar-refractivity contribution in [3.8, 4) is 0 Å². The van der Waals surface area contributed by atoms with Gasteiger partial charge in [-0.05, 0) is 12.3 Å². The Hall–Kier alpha value is -0.730. The maximum absolute atomic E-state index is 4.26. The number of guanidine groups is 1. The van der Waals surface area contributed by atoms with Crippen molar-refractivity contribution in [1.82, 2.24) is 10.6 Å². The van der Waals surface area contributed by atoms with Crippen LogP contribution in [0.3, 0.4) is 0 Å². The molecule has 0 amide bonds. The molecule has 0 atom stereocenters. The maximum atomic E-state index is 4.26. The van der Waals surface area contributed by atoms with E-state index in [1.54, 1.807) is 0 Å². The highest BCUT2D eigenvalue weighted by atomic mass is 15.2. The van der Waals surface area contributed by atoms with Crippen LogP contribution >= 0.6 is 0 Å². The molecule has 3 heteroatoms. The molecule has 1 aliphatic heterocycles. The summed E-state index contributed by atoms with van der Waals surface area (Å²) < 4.78 is 0. The fourth-order valence-corrected chi connectivity index (χ4v) is 1.40. The van der Waals surface area contributed by atoms with Gasteiger partial charge < -0.3 is 10.6 Å². The van der Waals surface area contributed by atoms with Crippen LogP contribution in [-0.4, -0.2) is 25.6 Å². The molecular formula is C10H25N3. The first-order valence-corrected chi connectivity index (χ1v) is 5.31. The molecule has 2 N–H and O–H groups in total. The lowest BCUT2D eigenvalue weighted by atomic mass is 10.1. The van der Waals surface area contributed by atoms with Crippen LogP contribution in [0.4, 0.5) is 0 Å². The summed E-state index contributed by atoms with van der Waals surface area (Å²) in [6.45, 7) is 7.52. The van der Waals surface area contributed by atoms with E-state index in [1.165, 1.54) is 19.3 Å². The first kappa shape index (κ1) is 10.4. The normalized spacial score (nSPS) is 15.8. The molecule has 13 heavy (non-hydrogen) atoms. The van der Waals surface area contributed by atoms with E-state index in [-0.39, 0.29) is 2.85 Å². The molecule has 0 saturated heterocycles. The Bertz CT molecular complexity index is 172. The molecule has 0 radical (unpaired) electrons. The van der Waals surface area contributed by atoms with E-state index in [2.05, 4.69) is 29.5 Å². The zero-order chi connectivity index (χ0) is 9.52. The molecule has 0 aromatic carbocycles. The average molecular weight is 187 g/mol. The van der Waals surface area contributed by atoms with Gasteiger partial charge in [0, 0.05) is 15.9 Å². The lowest BCUT2D eigenvalue weighted by molar-refractivity contribution is 0.535. The highest BCUT2D eigenvalue weighted by molar-refractivity contribution is 5.81. The number of hydrogen-bond acceptors (Lipinski definition) is 3. The molecule has 0 spiro atoms. The zero-order valence-corrected chi connectivity index (χ0v) is 8.77. The van der Waals surface area contributed by atoms with Crippen LogP contribution in [0.1, 0.15) is 36.0 Å². The number of nitrogens with one attached hydrogen (secondary N) is 2. The van der Waals surface area contributed by atoms with Gasteiger partial charge in [0.1, 0.15) is 0 Å². The van der Waals surface area contributed by atoms with Crippen LogP contribution in [0.15, 0.2) is 4.99 Å². The standard InChI is InChI=1S/C10H21N3.2H2/c1-9(2)5-3-4-6-11-10-12-7-8-13-10;;/h9H,3-8H2,1-2H3,(H2,11,12,13);2*1H. The third kappa shape index (κ3) is 4.76. The van der Waals surface area contributed by atoms with Gasteiger partial charge in [-0.25, -0.2) is 0 Å². The predicted octanol–water partition coefficient (Wildman–Crippen LogP) is 1.85. The highest BCUT2D eigenvalue weighted by Gasteiger charge is 2.02. The van der Waals surface area contributed by atoms with Crippen molar-refractivity contribution >= 4 is 5.96 Å². The van der Waals surface area contributed by atoms with Crippen LogP contribution in [-0.2, 0) is 0 Å². The van der Waals surface area contributed by atoms with Crippen LogP contribution in [0.25, 0.3) is 0 Å². The summed E-state index contributed by atoms with van der Waals surface area (Å²) in [5, 5.41) is 6.49. The Balaban J connectivity index is 0. The molecule has 0 aromatic heterocycles. The summed E-state index contributed by atoms with van der Waals surface area (Å²) in [7, 11) is 0. The Labute approximate surface area is 84.0 Å². The summed E-state index contributed by atoms with van der Waals surface area (Å²) in [5.41, 5.74) is 0. The molecule has 1 heterocycles. The molecule has 0 bridgehead atoms. The average Bonchev–Trinajstić information content (AvgIpc) is 2.55. The largest absolute Gasteiger partial charge is 0.356 e. The second kappa shape index (κ2) is 5.84. The van der Waals surface area contributed by atoms with Gasteiger partial charge in [-0.3, -0.25) is 4.99 Å². The number of nitrogens with zero attached hydrogens (tertiary/aromatic N) is 1. The number of unbranched alkanes of at least 4 members (excludes halogenated alkanes) is 1. The minimum atomic E-state index is 0. The molecule has 1 aliphatic rings. The molecule has 80 valence electrons. The predicted molar refractivity (Wildman–Crippen MR) is 61.2 cm³/mol. The minimum absolute atomic E-state index is 0. The minimum Gasteiger partial charge on any atom is -0.356 e. The van der Waals surface area contributed by atoms with Crippen molar-refractivity contribution < 1.29 is 2.85 Å². The van der Waals surface area contributed by atoms with Crippen molar-refractivity contribution in [2.24, 2.45) is 10.9 Å². The second-order valence-electron chi connectivity index (χ2n) is 3.97. The van der Waals surface area contributed by atoms with Gasteiger partial charge >= 0.3 is 0 Å². The molecular weight excluding hydrogens is 162 g/mol. The van der Waals surface area contributed by atoms with Crippen LogP contribution in [0.5, 0.6) is 0 Å². The topological polar surface area (TPSA) is 36.4 Å². The van der Waals surface area contributed by atoms with Crippen molar-refractivity contribution in [1.29, 1.82) is 0 Å². The van der Waals surface area contributed by atoms with Gasteiger partial charge in [0.25, 0.3) is 0 Å². The maximum Gasteiger partial charge on any atom is 0.191 e. The highest BCUT2D eigenvalue weighted by Crippen LogP contribution is 2.04. The summed E-state index contributed by atoms with van der Waals surface area (Å²) in [6, 6.07) is 0. The van der Waals surface area contributed by atoms with Gasteiger partial charge in [-0.1, -0.05) is 26.7 Å². The Kier molecular flexibility index (Phi) is 4.65. The summed E-state index contributed by atoms with van der Waals surface area (Å²) in [4.78, 5) is 4.26. The monoisotopic (exact) mass is 187 g/mol. The molecule has 1 rings (SSSR count). The summed E-state index contributed by atoms with van der Waals surface area (Å²) in [6.07, 6.45) is 3.90. The van der Waals surface area contributed by atoms with Gasteiger partial charge in [-0.2, -0.15) is 0 Å². The fourth-order valence-electron chi connectivity index (χ4n) is 1.40. The number of rotatable bonds is 5. The first-order valence-electron chi connectivity index (χ1n) is 5.31. The molecule has 0 saturated carbocycles. The van der Waals surface area contributed by atoms with E-state index >= 15 is 0 Å². The summed E-state index contributed by atoms with van der Waals surface area (Å²) in [5.74, 6) is 1.83. The van der Waals surface area contributed by atoms with Crippen molar-refractivity contribution in [2.45, 2.75) is 33.1 Å². The van der Waals surface area contributed by atoms with E-state index in [4.69, 9.17) is 0 Å². The van der Waals surface area contributed by atoms with E-state index in [0.29, 0.717) is 0 Å². The molecule has 0 unspecified atom stereocenters. The van der Waals surface area contributed by atoms with Gasteiger partial charge in [0.2, 0.25) is 0 Å². The third-order valence-electron chi connectivity index (χ3n) is 2.17. The molecule has 0 fully saturated rings. The fraction of sp³-hybridized carbons (Fsp3) is 0.900. The van der Waals surface area contributed by atoms with Crippen molar-refractivity contribution in [3.63, 3.8) is 0 Å². The Morgan fingerprint density at radius 1 is 1.54 bits per heavy atom. The van der Waals surface area contributed by atoms with E-state index < -0.39 is 0 Å². The molecule has 0 aromatic rings. The van der Waals surface area contributed by atoms with E-state index in [1.807, 2.05) is 0 Å². The van der Waals surface area contributed by atoms with Crippen LogP contribution < -0.4 is 10.6 Å². The lowest BCUT2D eigenvalue weighted by Gasteiger charge is -2.07. The van der Waals surface area contributed by atoms with Crippen molar-refractivity contribution in [3.05, 3.63) is 0 Å². The van der Waals surface area contributed by atoms with Gasteiger partial charge in [-0.15, -0.1) is 0 Å². The smallest absolute Gasteiger partial charge is 0.191 e. The van der Waals surface area contributed by atoms with Gasteiger partial charge in [0.05, 0.1) is 6.54 Å². The van der Waals surface area contributed by atoms with Crippen LogP contribution in [0.2, 0.25) is 0 Å². The first-order chi connectivity index (χ1) is 6.29. The Morgan fingerprint density at radius 3 is 3.00 bits per heavy atom. The van der Waals surface area contributed by atoms with Crippen LogP contribution in [0, 0.1) is 5.92 Å². The lowest BCUT2D eigenvalue weighted by Crippen LogP contribution is -2.34. The zero-order valence-electron chi connectivity index (χ0n) is 8.77. The second-order valence-corrected chi connectivity index (χ2v) is 3.97.